The fourth-order valence-corrected chi connectivity index (χ4v) is 4.54. The van der Waals surface area contributed by atoms with Crippen LogP contribution in [0.15, 0.2) is 30.5 Å². The molecule has 182 valence electrons. The van der Waals surface area contributed by atoms with Crippen LogP contribution >= 0.6 is 11.6 Å². The van der Waals surface area contributed by atoms with Crippen LogP contribution in [-0.2, 0) is 12.7 Å². The zero-order valence-electron chi connectivity index (χ0n) is 18.4. The number of rotatable bonds is 6. The van der Waals surface area contributed by atoms with Crippen molar-refractivity contribution < 1.29 is 22.4 Å². The molecule has 1 aliphatic carbocycles. The van der Waals surface area contributed by atoms with Crippen LogP contribution in [0.25, 0.3) is 10.9 Å². The molecule has 0 bridgehead atoms. The summed E-state index contributed by atoms with van der Waals surface area (Å²) in [7, 11) is 0. The lowest BCUT2D eigenvalue weighted by Crippen LogP contribution is -2.42. The number of anilines is 1. The Kier molecular flexibility index (Phi) is 6.97. The summed E-state index contributed by atoms with van der Waals surface area (Å²) in [4.78, 5) is 16.5. The van der Waals surface area contributed by atoms with Gasteiger partial charge in [0.25, 0.3) is 5.91 Å². The number of nitrogens with zero attached hydrogens (tertiary/aromatic N) is 3. The van der Waals surface area contributed by atoms with Crippen LogP contribution in [0.4, 0.5) is 23.2 Å². The van der Waals surface area contributed by atoms with Gasteiger partial charge in [-0.1, -0.05) is 11.6 Å². The summed E-state index contributed by atoms with van der Waals surface area (Å²) in [6.07, 6.45) is -0.347. The van der Waals surface area contributed by atoms with Crippen molar-refractivity contribution in [2.75, 3.05) is 12.0 Å². The van der Waals surface area contributed by atoms with E-state index in [0.29, 0.717) is 33.8 Å². The first-order valence-electron chi connectivity index (χ1n) is 11.0. The lowest BCUT2D eigenvalue weighted by molar-refractivity contribution is -0.140. The number of carbonyl (C=O) groups is 1. The molecule has 1 saturated carbocycles. The number of hydrogen-bond donors (Lipinski definition) is 2. The van der Waals surface area contributed by atoms with E-state index in [4.69, 9.17) is 11.6 Å². The summed E-state index contributed by atoms with van der Waals surface area (Å²) in [5, 5.41) is 11.2. The molecule has 0 unspecified atom stereocenters. The first-order chi connectivity index (χ1) is 16.2. The molecule has 1 aromatic carbocycles. The van der Waals surface area contributed by atoms with E-state index in [1.165, 1.54) is 23.0 Å². The molecule has 1 aliphatic rings. The molecule has 2 N–H and O–H groups in total. The minimum absolute atomic E-state index is 0.0817. The number of aromatic nitrogens is 3. The predicted octanol–water partition coefficient (Wildman–Crippen LogP) is 5.53. The van der Waals surface area contributed by atoms with E-state index in [0.717, 1.165) is 25.3 Å². The second kappa shape index (κ2) is 9.77. The molecule has 0 spiro atoms. The van der Waals surface area contributed by atoms with Crippen molar-refractivity contribution in [2.24, 2.45) is 0 Å². The Morgan fingerprint density at radius 1 is 1.24 bits per heavy atom. The van der Waals surface area contributed by atoms with E-state index in [9.17, 15) is 22.4 Å². The van der Waals surface area contributed by atoms with Gasteiger partial charge < -0.3 is 10.6 Å². The van der Waals surface area contributed by atoms with Crippen LogP contribution in [0.1, 0.15) is 47.4 Å². The molecule has 4 rings (SSSR count). The Morgan fingerprint density at radius 2 is 2.00 bits per heavy atom. The van der Waals surface area contributed by atoms with Crippen LogP contribution in [0.3, 0.4) is 0 Å². The van der Waals surface area contributed by atoms with Crippen LogP contribution in [0.5, 0.6) is 0 Å². The van der Waals surface area contributed by atoms with Gasteiger partial charge in [-0.25, -0.2) is 9.37 Å². The molecule has 6 nitrogen and oxygen atoms in total. The number of benzene rings is 1. The molecule has 0 radical (unpaired) electrons. The molecule has 1 fully saturated rings. The number of amides is 1. The smallest absolute Gasteiger partial charge is 0.382 e. The molecule has 11 heteroatoms. The summed E-state index contributed by atoms with van der Waals surface area (Å²) < 4.78 is 54.3. The quantitative estimate of drug-likeness (QED) is 0.439. The molecule has 2 heterocycles. The Bertz CT molecular complexity index is 1200. The summed E-state index contributed by atoms with van der Waals surface area (Å²) in [5.74, 6) is -0.297. The van der Waals surface area contributed by atoms with Crippen molar-refractivity contribution in [3.8, 4) is 0 Å². The number of fused-ring (bicyclic) bond motifs is 1. The summed E-state index contributed by atoms with van der Waals surface area (Å²) in [6.45, 7) is 1.21. The SMILES string of the molecule is Cc1c(C(=O)N[C@@H]2CCC[C@H](Nc3cc(C(F)(F)F)nc4ccc(Cl)cc34)C2)cnn1CCF. The van der Waals surface area contributed by atoms with Crippen molar-refractivity contribution in [1.82, 2.24) is 20.1 Å². The number of hydrogen-bond acceptors (Lipinski definition) is 4. The number of halogens is 5. The van der Waals surface area contributed by atoms with E-state index in [1.54, 1.807) is 13.0 Å². The van der Waals surface area contributed by atoms with Crippen molar-refractivity contribution in [2.45, 2.75) is 57.4 Å². The highest BCUT2D eigenvalue weighted by atomic mass is 35.5. The maximum atomic E-state index is 13.4. The molecular weight excluding hydrogens is 474 g/mol. The third kappa shape index (κ3) is 5.27. The van der Waals surface area contributed by atoms with E-state index >= 15 is 0 Å². The highest BCUT2D eigenvalue weighted by Crippen LogP contribution is 2.35. The van der Waals surface area contributed by atoms with Crippen molar-refractivity contribution in [3.05, 3.63) is 52.4 Å². The molecule has 2 atom stereocenters. The largest absolute Gasteiger partial charge is 0.433 e. The lowest BCUT2D eigenvalue weighted by atomic mass is 9.90. The molecule has 0 aliphatic heterocycles. The number of carbonyl (C=O) groups excluding carboxylic acids is 1. The van der Waals surface area contributed by atoms with Crippen LogP contribution in [-0.4, -0.2) is 39.4 Å². The Hall–Kier alpha value is -2.88. The molecular formula is C23H24ClF4N5O. The Labute approximate surface area is 198 Å². The number of pyridine rings is 1. The van der Waals surface area contributed by atoms with Crippen molar-refractivity contribution in [1.29, 1.82) is 0 Å². The van der Waals surface area contributed by atoms with Crippen LogP contribution in [0, 0.1) is 6.92 Å². The van der Waals surface area contributed by atoms with E-state index in [2.05, 4.69) is 20.7 Å². The minimum Gasteiger partial charge on any atom is -0.382 e. The first kappa shape index (κ1) is 24.3. The third-order valence-electron chi connectivity index (χ3n) is 6.07. The number of aryl methyl sites for hydroxylation is 1. The maximum Gasteiger partial charge on any atom is 0.433 e. The standard InChI is InChI=1S/C23H24ClF4N5O/c1-13-18(12-29-33(13)8-7-25)22(34)31-16-4-2-3-15(10-16)30-20-11-21(23(26,27)28)32-19-6-5-14(24)9-17(19)20/h5-6,9,11-12,15-16H,2-4,7-8,10H2,1H3,(H,30,32)(H,31,34)/t15-,16+/m0/s1. The van der Waals surface area contributed by atoms with Crippen LogP contribution in [0.2, 0.25) is 5.02 Å². The Balaban J connectivity index is 1.51. The molecule has 1 amide bonds. The second-order valence-electron chi connectivity index (χ2n) is 8.45. The highest BCUT2D eigenvalue weighted by Gasteiger charge is 2.34. The van der Waals surface area contributed by atoms with Crippen LogP contribution < -0.4 is 10.6 Å². The van der Waals surface area contributed by atoms with Gasteiger partial charge in [0.05, 0.1) is 23.8 Å². The average molecular weight is 498 g/mol. The molecule has 34 heavy (non-hydrogen) atoms. The monoisotopic (exact) mass is 497 g/mol. The fraction of sp³-hybridized carbons (Fsp3) is 0.435. The summed E-state index contributed by atoms with van der Waals surface area (Å²) in [5.41, 5.74) is 0.489. The van der Waals surface area contributed by atoms with Crippen molar-refractivity contribution >= 4 is 34.1 Å². The summed E-state index contributed by atoms with van der Waals surface area (Å²) >= 11 is 6.08. The zero-order chi connectivity index (χ0) is 24.5. The summed E-state index contributed by atoms with van der Waals surface area (Å²) in [6, 6.07) is 5.25. The first-order valence-corrected chi connectivity index (χ1v) is 11.4. The molecule has 2 aromatic heterocycles. The minimum atomic E-state index is -4.59. The predicted molar refractivity (Wildman–Crippen MR) is 122 cm³/mol. The average Bonchev–Trinajstić information content (AvgIpc) is 3.14. The third-order valence-corrected chi connectivity index (χ3v) is 6.31. The van der Waals surface area contributed by atoms with E-state index in [-0.39, 0.29) is 30.1 Å². The highest BCUT2D eigenvalue weighted by molar-refractivity contribution is 6.31. The van der Waals surface area contributed by atoms with Gasteiger partial charge in [-0.2, -0.15) is 18.3 Å². The van der Waals surface area contributed by atoms with Gasteiger partial charge in [0, 0.05) is 33.9 Å². The normalized spacial score (nSPS) is 18.8. The van der Waals surface area contributed by atoms with E-state index < -0.39 is 18.5 Å². The van der Waals surface area contributed by atoms with Gasteiger partial charge >= 0.3 is 6.18 Å². The fourth-order valence-electron chi connectivity index (χ4n) is 4.37. The topological polar surface area (TPSA) is 71.8 Å². The van der Waals surface area contributed by atoms with Gasteiger partial charge in [0.1, 0.15) is 12.4 Å². The maximum absolute atomic E-state index is 13.4. The number of nitrogens with one attached hydrogen (secondary N) is 2. The number of alkyl halides is 4. The van der Waals surface area contributed by atoms with Gasteiger partial charge in [-0.05, 0) is 56.9 Å². The molecule has 3 aromatic rings. The Morgan fingerprint density at radius 3 is 2.74 bits per heavy atom. The zero-order valence-corrected chi connectivity index (χ0v) is 19.2. The van der Waals surface area contributed by atoms with Gasteiger partial charge in [-0.15, -0.1) is 0 Å². The second-order valence-corrected chi connectivity index (χ2v) is 8.88. The van der Waals surface area contributed by atoms with Gasteiger partial charge in [-0.3, -0.25) is 9.48 Å². The van der Waals surface area contributed by atoms with Gasteiger partial charge in [0.2, 0.25) is 0 Å². The lowest BCUT2D eigenvalue weighted by Gasteiger charge is -2.31. The van der Waals surface area contributed by atoms with Crippen molar-refractivity contribution in [3.63, 3.8) is 0 Å². The van der Waals surface area contributed by atoms with Gasteiger partial charge in [0.15, 0.2) is 0 Å². The molecule has 0 saturated heterocycles. The van der Waals surface area contributed by atoms with E-state index in [1.807, 2.05) is 0 Å².